The van der Waals surface area contributed by atoms with Gasteiger partial charge in [0.15, 0.2) is 0 Å². The second-order valence-electron chi connectivity index (χ2n) is 8.76. The Bertz CT molecular complexity index is 1230. The Balaban J connectivity index is 0.000000207. The van der Waals surface area contributed by atoms with Gasteiger partial charge in [-0.1, -0.05) is 182 Å². The van der Waals surface area contributed by atoms with Gasteiger partial charge in [-0.15, -0.1) is 0 Å². The predicted molar refractivity (Wildman–Crippen MR) is 190 cm³/mol. The van der Waals surface area contributed by atoms with E-state index >= 15 is 0 Å². The Morgan fingerprint density at radius 1 is 0.333 bits per heavy atom. The van der Waals surface area contributed by atoms with Crippen LogP contribution in [0.1, 0.15) is 0 Å². The molecule has 0 amide bonds. The smallest absolute Gasteiger partial charge is 0 e. The van der Waals surface area contributed by atoms with Crippen LogP contribution in [0.25, 0.3) is 0 Å². The maximum atomic E-state index is 8.67. The molecule has 0 spiro atoms. The van der Waals surface area contributed by atoms with Crippen LogP contribution in [0.4, 0.5) is 0 Å². The molecule has 0 bridgehead atoms. The Morgan fingerprint density at radius 3 is 0.571 bits per heavy atom. The van der Waals surface area contributed by atoms with Gasteiger partial charge in [0.05, 0.1) is 0 Å². The van der Waals surface area contributed by atoms with Crippen LogP contribution in [0, 0.1) is 0 Å². The molecule has 6 aromatic carbocycles. The summed E-state index contributed by atoms with van der Waals surface area (Å²) in [6.07, 6.45) is 0. The molecule has 0 aliphatic heterocycles. The molecule has 1 radical (unpaired) electrons. The number of rotatable bonds is 6. The number of hydrogen-bond donors (Lipinski definition) is 0. The fourth-order valence-corrected chi connectivity index (χ4v) is 8.97. The topological polar surface area (TPSA) is 17.1 Å². The quantitative estimate of drug-likeness (QED) is 0.0568. The van der Waals surface area contributed by atoms with E-state index in [1.165, 1.54) is 58.7 Å². The molecule has 0 aliphatic rings. The average Bonchev–Trinajstić information content (AvgIpc) is 3.05. The van der Waals surface area contributed by atoms with E-state index in [0.29, 0.717) is 0 Å². The van der Waals surface area contributed by atoms with E-state index in [1.54, 1.807) is 0 Å². The van der Waals surface area contributed by atoms with E-state index in [4.69, 9.17) is 4.79 Å². The van der Waals surface area contributed by atoms with Gasteiger partial charge in [-0.25, -0.2) is 0 Å². The largest absolute Gasteiger partial charge is 0.531 e. The summed E-state index contributed by atoms with van der Waals surface area (Å²) in [6, 6.07) is 64.7. The molecule has 0 heterocycles. The minimum absolute atomic E-state index is 0. The minimum Gasteiger partial charge on any atom is -0.531 e. The molecule has 42 heavy (non-hydrogen) atoms. The summed E-state index contributed by atoms with van der Waals surface area (Å²) in [5, 5.41) is 8.39. The standard InChI is InChI=1S/2C18H15P.CIO.Rh/c2*1-4-10-16(11-5-1)19(17-12-6-2-7-13-17)18-14-8-3-9-15-18;2-1-3;/h2*1-15H;;/q;;-1;. The molecular weight excluding hydrogens is 752 g/mol. The molecule has 6 aromatic rings. The van der Waals surface area contributed by atoms with E-state index in [9.17, 15) is 0 Å². The Morgan fingerprint density at radius 2 is 0.452 bits per heavy atom. The van der Waals surface area contributed by atoms with Crippen LogP contribution < -0.4 is 31.8 Å². The zero-order valence-corrected chi connectivity index (χ0v) is 28.4. The monoisotopic (exact) mass is 782 g/mol. The summed E-state index contributed by atoms with van der Waals surface area (Å²) in [4.78, 5) is 8.67. The van der Waals surface area contributed by atoms with Gasteiger partial charge < -0.3 is 4.79 Å². The summed E-state index contributed by atoms with van der Waals surface area (Å²) >= 11 is 1.48. The first-order valence-electron chi connectivity index (χ1n) is 13.2. The molecule has 0 aliphatic carbocycles. The van der Waals surface area contributed by atoms with Crippen molar-refractivity contribution in [1.82, 2.24) is 0 Å². The van der Waals surface area contributed by atoms with Crippen LogP contribution in [-0.2, 0) is 24.3 Å². The second kappa shape index (κ2) is 19.4. The van der Waals surface area contributed by atoms with Crippen LogP contribution in [0.2, 0.25) is 0 Å². The molecule has 1 nitrogen and oxygen atoms in total. The van der Waals surface area contributed by atoms with E-state index < -0.39 is 15.8 Å². The van der Waals surface area contributed by atoms with Gasteiger partial charge in [-0.2, -0.15) is 4.29 Å². The molecular formula is C37H30IOP2Rh-. The molecule has 211 valence electrons. The third-order valence-electron chi connectivity index (χ3n) is 6.09. The van der Waals surface area contributed by atoms with Crippen molar-refractivity contribution >= 4 is 74.6 Å². The molecule has 0 unspecified atom stereocenters. The maximum absolute atomic E-state index is 8.67. The number of hydrogen-bond acceptors (Lipinski definition) is 1. The van der Waals surface area contributed by atoms with E-state index in [0.717, 1.165) is 0 Å². The van der Waals surface area contributed by atoms with Gasteiger partial charge in [-0.3, -0.25) is 22.6 Å². The Hall–Kier alpha value is -2.80. The molecule has 5 heteroatoms. The zero-order valence-electron chi connectivity index (χ0n) is 22.8. The average molecular weight is 782 g/mol. The van der Waals surface area contributed by atoms with E-state index in [-0.39, 0.29) is 19.5 Å². The third-order valence-corrected chi connectivity index (χ3v) is 11.0. The van der Waals surface area contributed by atoms with Gasteiger partial charge in [-0.05, 0) is 47.7 Å². The van der Waals surface area contributed by atoms with Gasteiger partial charge >= 0.3 is 0 Å². The molecule has 0 saturated carbocycles. The summed E-state index contributed by atoms with van der Waals surface area (Å²) in [6.45, 7) is 0. The fraction of sp³-hybridized carbons (Fsp3) is 0. The van der Waals surface area contributed by atoms with E-state index in [2.05, 4.69) is 182 Å². The molecule has 0 saturated heterocycles. The number of benzene rings is 6. The van der Waals surface area contributed by atoms with E-state index in [1.807, 2.05) is 0 Å². The van der Waals surface area contributed by atoms with Gasteiger partial charge in [0, 0.05) is 19.5 Å². The van der Waals surface area contributed by atoms with Crippen molar-refractivity contribution in [3.8, 4) is 0 Å². The first-order valence-corrected chi connectivity index (χ1v) is 17.0. The normalized spacial score (nSPS) is 9.88. The second-order valence-corrected chi connectivity index (χ2v) is 13.6. The van der Waals surface area contributed by atoms with Crippen molar-refractivity contribution in [1.29, 1.82) is 0 Å². The summed E-state index contributed by atoms with van der Waals surface area (Å²) in [5.74, 6) is 0. The van der Waals surface area contributed by atoms with Crippen molar-refractivity contribution < 1.29 is 24.3 Å². The summed E-state index contributed by atoms with van der Waals surface area (Å²) in [7, 11) is -0.892. The van der Waals surface area contributed by atoms with Crippen molar-refractivity contribution in [3.05, 3.63) is 182 Å². The van der Waals surface area contributed by atoms with Crippen LogP contribution in [0.15, 0.2) is 182 Å². The zero-order chi connectivity index (χ0) is 28.5. The Kier molecular flexibility index (Phi) is 15.6. The van der Waals surface area contributed by atoms with Crippen LogP contribution in [-0.4, -0.2) is 4.29 Å². The summed E-state index contributed by atoms with van der Waals surface area (Å²) in [5.41, 5.74) is 0. The third kappa shape index (κ3) is 10.2. The van der Waals surface area contributed by atoms with Gasteiger partial charge in [0.2, 0.25) is 0 Å². The van der Waals surface area contributed by atoms with Crippen molar-refractivity contribution in [2.45, 2.75) is 0 Å². The molecule has 0 fully saturated rings. The van der Waals surface area contributed by atoms with Crippen molar-refractivity contribution in [3.63, 3.8) is 0 Å². The van der Waals surface area contributed by atoms with Gasteiger partial charge in [0.25, 0.3) is 0 Å². The Labute approximate surface area is 278 Å². The fourth-order valence-electron chi connectivity index (χ4n) is 4.36. The van der Waals surface area contributed by atoms with Crippen molar-refractivity contribution in [2.75, 3.05) is 0 Å². The minimum atomic E-state index is -0.446. The van der Waals surface area contributed by atoms with Crippen LogP contribution >= 0.6 is 38.4 Å². The van der Waals surface area contributed by atoms with Crippen LogP contribution in [0.5, 0.6) is 0 Å². The number of halogens is 1. The predicted octanol–water partition coefficient (Wildman–Crippen LogP) is 7.38. The van der Waals surface area contributed by atoms with Gasteiger partial charge in [0.1, 0.15) is 0 Å². The molecule has 0 aromatic heterocycles. The van der Waals surface area contributed by atoms with Crippen LogP contribution in [0.3, 0.4) is 0 Å². The SMILES string of the molecule is O=[C-]I.[Rh].c1ccc(P(c2ccccc2)c2ccccc2)cc1.c1ccc(P(c2ccccc2)c2ccccc2)cc1. The maximum Gasteiger partial charge on any atom is 0 e. The number of carbonyl (C=O) groups excluding carboxylic acids is 1. The van der Waals surface area contributed by atoms with Crippen molar-refractivity contribution in [2.24, 2.45) is 0 Å². The first kappa shape index (κ1) is 33.7. The molecule has 0 N–H and O–H groups in total. The first-order chi connectivity index (χ1) is 20.3. The molecule has 6 rings (SSSR count). The molecule has 0 atom stereocenters. The summed E-state index contributed by atoms with van der Waals surface area (Å²) < 4.78 is 1.47.